The first kappa shape index (κ1) is 18.0. The van der Waals surface area contributed by atoms with E-state index in [4.69, 9.17) is 4.74 Å². The molecule has 6 heteroatoms. The highest BCUT2D eigenvalue weighted by Crippen LogP contribution is 2.25. The fourth-order valence-electron chi connectivity index (χ4n) is 4.64. The Morgan fingerprint density at radius 1 is 1.15 bits per heavy atom. The second kappa shape index (κ2) is 8.53. The predicted octanol–water partition coefficient (Wildman–Crippen LogP) is 2.60. The minimum absolute atomic E-state index is 0.132. The smallest absolute Gasteiger partial charge is 0.249 e. The van der Waals surface area contributed by atoms with Crippen LogP contribution in [0, 0.1) is 0 Å². The Balaban J connectivity index is 1.33. The van der Waals surface area contributed by atoms with Crippen LogP contribution in [0.3, 0.4) is 0 Å². The molecule has 1 saturated heterocycles. The number of hydrogen-bond acceptors (Lipinski definition) is 4. The Hall–Kier alpha value is -1.40. The summed E-state index contributed by atoms with van der Waals surface area (Å²) in [7, 11) is 0. The van der Waals surface area contributed by atoms with Gasteiger partial charge in [-0.3, -0.25) is 9.48 Å². The highest BCUT2D eigenvalue weighted by atomic mass is 16.5. The number of ether oxygens (including phenoxy) is 1. The van der Waals surface area contributed by atoms with E-state index in [1.807, 2.05) is 17.2 Å². The van der Waals surface area contributed by atoms with Crippen molar-refractivity contribution in [1.29, 1.82) is 0 Å². The Morgan fingerprint density at radius 3 is 2.77 bits per heavy atom. The number of hydrogen-bond donors (Lipinski definition) is 0. The van der Waals surface area contributed by atoms with Gasteiger partial charge in [0.15, 0.2) is 0 Å². The van der Waals surface area contributed by atoms with Gasteiger partial charge in [-0.25, -0.2) is 0 Å². The van der Waals surface area contributed by atoms with Crippen molar-refractivity contribution >= 4 is 5.91 Å². The molecule has 144 valence electrons. The summed E-state index contributed by atoms with van der Waals surface area (Å²) in [4.78, 5) is 17.2. The molecule has 1 aromatic heterocycles. The highest BCUT2D eigenvalue weighted by Gasteiger charge is 2.29. The normalized spacial score (nSPS) is 24.8. The van der Waals surface area contributed by atoms with Crippen molar-refractivity contribution in [2.24, 2.45) is 0 Å². The molecule has 1 aliphatic carbocycles. The monoisotopic (exact) mass is 360 g/mol. The number of nitrogens with zero attached hydrogens (tertiary/aromatic N) is 4. The maximum Gasteiger partial charge on any atom is 0.249 e. The van der Waals surface area contributed by atoms with Gasteiger partial charge in [0, 0.05) is 19.3 Å². The highest BCUT2D eigenvalue weighted by molar-refractivity contribution is 5.77. The molecule has 2 aliphatic heterocycles. The van der Waals surface area contributed by atoms with Gasteiger partial charge in [-0.1, -0.05) is 19.3 Å². The first-order chi connectivity index (χ1) is 12.8. The molecule has 0 aromatic carbocycles. The number of fused-ring (bicyclic) bond motifs is 1. The second-order valence-corrected chi connectivity index (χ2v) is 8.10. The summed E-state index contributed by atoms with van der Waals surface area (Å²) in [5.74, 6) is 0.132. The molecule has 3 heterocycles. The van der Waals surface area contributed by atoms with Gasteiger partial charge >= 0.3 is 0 Å². The molecule has 6 nitrogen and oxygen atoms in total. The number of rotatable bonds is 6. The Kier molecular flexibility index (Phi) is 5.90. The molecule has 3 aliphatic rings. The molecular weight excluding hydrogens is 328 g/mol. The van der Waals surface area contributed by atoms with E-state index in [9.17, 15) is 4.79 Å². The molecule has 1 saturated carbocycles. The lowest BCUT2D eigenvalue weighted by molar-refractivity contribution is -0.140. The number of aromatic nitrogens is 2. The van der Waals surface area contributed by atoms with E-state index in [1.54, 1.807) is 0 Å². The van der Waals surface area contributed by atoms with Crippen molar-refractivity contribution in [2.75, 3.05) is 32.8 Å². The quantitative estimate of drug-likeness (QED) is 0.782. The second-order valence-electron chi connectivity index (χ2n) is 8.10. The minimum Gasteiger partial charge on any atom is -0.368 e. The predicted molar refractivity (Wildman–Crippen MR) is 99.8 cm³/mol. The van der Waals surface area contributed by atoms with Crippen molar-refractivity contribution < 1.29 is 9.53 Å². The zero-order chi connectivity index (χ0) is 17.8. The summed E-state index contributed by atoms with van der Waals surface area (Å²) in [6.07, 6.45) is 11.9. The van der Waals surface area contributed by atoms with Crippen LogP contribution in [0.4, 0.5) is 0 Å². The van der Waals surface area contributed by atoms with Crippen LogP contribution in [0.15, 0.2) is 12.3 Å². The van der Waals surface area contributed by atoms with Gasteiger partial charge < -0.3 is 14.5 Å². The van der Waals surface area contributed by atoms with Crippen LogP contribution in [-0.4, -0.2) is 64.4 Å². The standard InChI is InChI=1S/C20H32N4O2/c25-20(16-26-19-6-2-3-7-19)23-14-17-8-10-21-24(17)18(15-23)9-13-22-11-4-1-5-12-22/h8,10,18-19H,1-7,9,11-16H2/t18-/m0/s1. The third kappa shape index (κ3) is 4.29. The maximum absolute atomic E-state index is 12.7. The molecule has 0 spiro atoms. The largest absolute Gasteiger partial charge is 0.368 e. The van der Waals surface area contributed by atoms with Crippen LogP contribution in [0.2, 0.25) is 0 Å². The Labute approximate surface area is 156 Å². The number of carbonyl (C=O) groups is 1. The van der Waals surface area contributed by atoms with E-state index < -0.39 is 0 Å². The topological polar surface area (TPSA) is 50.6 Å². The fraction of sp³-hybridized carbons (Fsp3) is 0.800. The number of carbonyl (C=O) groups excluding carboxylic acids is 1. The van der Waals surface area contributed by atoms with Gasteiger partial charge in [-0.15, -0.1) is 0 Å². The number of amides is 1. The summed E-state index contributed by atoms with van der Waals surface area (Å²) in [5, 5.41) is 4.53. The van der Waals surface area contributed by atoms with Crippen LogP contribution in [0.1, 0.15) is 63.1 Å². The van der Waals surface area contributed by atoms with Crippen LogP contribution >= 0.6 is 0 Å². The van der Waals surface area contributed by atoms with E-state index >= 15 is 0 Å². The molecule has 0 N–H and O–H groups in total. The van der Waals surface area contributed by atoms with Crippen molar-refractivity contribution in [2.45, 2.75) is 70.1 Å². The van der Waals surface area contributed by atoms with Crippen LogP contribution < -0.4 is 0 Å². The molecule has 0 unspecified atom stereocenters. The molecule has 0 radical (unpaired) electrons. The number of likely N-dealkylation sites (tertiary alicyclic amines) is 1. The van der Waals surface area contributed by atoms with E-state index in [1.165, 1.54) is 45.2 Å². The molecule has 26 heavy (non-hydrogen) atoms. The molecule has 1 amide bonds. The summed E-state index contributed by atoms with van der Waals surface area (Å²) >= 11 is 0. The molecule has 0 bridgehead atoms. The lowest BCUT2D eigenvalue weighted by atomic mass is 10.1. The van der Waals surface area contributed by atoms with Gasteiger partial charge in [0.1, 0.15) is 6.61 Å². The molecular formula is C20H32N4O2. The third-order valence-electron chi connectivity index (χ3n) is 6.21. The molecule has 1 aromatic rings. The van der Waals surface area contributed by atoms with Crippen LogP contribution in [-0.2, 0) is 16.1 Å². The summed E-state index contributed by atoms with van der Waals surface area (Å²) in [6.45, 7) is 5.19. The number of piperidine rings is 1. The fourth-order valence-corrected chi connectivity index (χ4v) is 4.64. The van der Waals surface area contributed by atoms with Crippen molar-refractivity contribution in [3.8, 4) is 0 Å². The Morgan fingerprint density at radius 2 is 1.96 bits per heavy atom. The first-order valence-corrected chi connectivity index (χ1v) is 10.4. The van der Waals surface area contributed by atoms with E-state index in [2.05, 4.69) is 14.7 Å². The Bertz CT molecular complexity index is 590. The third-order valence-corrected chi connectivity index (χ3v) is 6.21. The first-order valence-electron chi connectivity index (χ1n) is 10.4. The minimum atomic E-state index is 0.132. The van der Waals surface area contributed by atoms with Crippen molar-refractivity contribution in [3.63, 3.8) is 0 Å². The van der Waals surface area contributed by atoms with Gasteiger partial charge in [0.25, 0.3) is 0 Å². The average molecular weight is 361 g/mol. The summed E-state index contributed by atoms with van der Waals surface area (Å²) in [5.41, 5.74) is 1.15. The summed E-state index contributed by atoms with van der Waals surface area (Å²) in [6, 6.07) is 2.33. The van der Waals surface area contributed by atoms with Gasteiger partial charge in [0.05, 0.1) is 24.4 Å². The van der Waals surface area contributed by atoms with Crippen LogP contribution in [0.25, 0.3) is 0 Å². The lowest BCUT2D eigenvalue weighted by Gasteiger charge is -2.35. The van der Waals surface area contributed by atoms with E-state index in [0.717, 1.165) is 38.0 Å². The van der Waals surface area contributed by atoms with Crippen molar-refractivity contribution in [3.05, 3.63) is 18.0 Å². The lowest BCUT2D eigenvalue weighted by Crippen LogP contribution is -2.44. The average Bonchev–Trinajstić information content (AvgIpc) is 3.36. The molecule has 1 atom stereocenters. The van der Waals surface area contributed by atoms with E-state index in [0.29, 0.717) is 12.6 Å². The van der Waals surface area contributed by atoms with Crippen LogP contribution in [0.5, 0.6) is 0 Å². The molecule has 4 rings (SSSR count). The molecule has 2 fully saturated rings. The van der Waals surface area contributed by atoms with Gasteiger partial charge in [-0.05, 0) is 51.3 Å². The van der Waals surface area contributed by atoms with Gasteiger partial charge in [0.2, 0.25) is 5.91 Å². The van der Waals surface area contributed by atoms with E-state index in [-0.39, 0.29) is 18.6 Å². The SMILES string of the molecule is O=C(COC1CCCC1)N1Cc2ccnn2[C@@H](CCN2CCCCC2)C1. The zero-order valence-corrected chi connectivity index (χ0v) is 15.8. The van der Waals surface area contributed by atoms with Crippen molar-refractivity contribution in [1.82, 2.24) is 19.6 Å². The summed E-state index contributed by atoms with van der Waals surface area (Å²) < 4.78 is 8.00. The zero-order valence-electron chi connectivity index (χ0n) is 15.8. The van der Waals surface area contributed by atoms with Gasteiger partial charge in [-0.2, -0.15) is 5.10 Å². The maximum atomic E-state index is 12.7.